The molecule has 9 heteroatoms. The number of halogens is 1. The number of fused-ring (bicyclic) bond motifs is 1. The molecular formula is C13H17ClN6O2. The molecule has 8 nitrogen and oxygen atoms in total. The number of nitrogens with zero attached hydrogens (tertiary/aromatic N) is 3. The molecule has 1 fully saturated rings. The molecule has 0 spiro atoms. The number of hydrogen-bond acceptors (Lipinski definition) is 6. The van der Waals surface area contributed by atoms with Gasteiger partial charge in [0.1, 0.15) is 11.9 Å². The van der Waals surface area contributed by atoms with E-state index in [1.165, 1.54) is 6.26 Å². The van der Waals surface area contributed by atoms with Crippen molar-refractivity contribution in [2.45, 2.75) is 18.8 Å². The lowest BCUT2D eigenvalue weighted by molar-refractivity contribution is 0.158. The predicted octanol–water partition coefficient (Wildman–Crippen LogP) is 0.639. The third kappa shape index (κ3) is 2.56. The minimum absolute atomic E-state index is 0. The minimum Gasteiger partial charge on any atom is -0.395 e. The molecule has 2 aromatic rings. The molecule has 22 heavy (non-hydrogen) atoms. The Morgan fingerprint density at radius 2 is 2.09 bits per heavy atom. The van der Waals surface area contributed by atoms with E-state index in [0.29, 0.717) is 17.4 Å². The maximum atomic E-state index is 11.9. The van der Waals surface area contributed by atoms with Gasteiger partial charge in [0.05, 0.1) is 11.9 Å². The normalized spacial score (nSPS) is 18.5. The first kappa shape index (κ1) is 14.9. The number of H-pyrrole nitrogens is 1. The van der Waals surface area contributed by atoms with Gasteiger partial charge in [-0.25, -0.2) is 9.52 Å². The van der Waals surface area contributed by atoms with Crippen LogP contribution in [0.2, 0.25) is 0 Å². The van der Waals surface area contributed by atoms with E-state index in [1.54, 1.807) is 17.3 Å². The van der Waals surface area contributed by atoms with E-state index in [9.17, 15) is 4.79 Å². The zero-order valence-electron chi connectivity index (χ0n) is 11.8. The van der Waals surface area contributed by atoms with E-state index in [4.69, 9.17) is 4.84 Å². The standard InChI is InChI=1S/C13H16N6O2.ClH/c20-13-7-10(9-1-3-14-4-2-9)19-11(15-13)8-12(16-19)18-5-6-21-17-18;/h5-9,14,17H,1-4H2,(H,15,20);1H. The Labute approximate surface area is 132 Å². The molecule has 4 rings (SSSR count). The van der Waals surface area contributed by atoms with E-state index in [-0.39, 0.29) is 18.0 Å². The van der Waals surface area contributed by atoms with Gasteiger partial charge in [-0.3, -0.25) is 4.79 Å². The van der Waals surface area contributed by atoms with Gasteiger partial charge in [-0.1, -0.05) is 5.59 Å². The number of aromatic amines is 1. The fourth-order valence-corrected chi connectivity index (χ4v) is 2.87. The molecule has 4 heterocycles. The first-order chi connectivity index (χ1) is 10.3. The number of hydrogen-bond donors (Lipinski definition) is 3. The Bertz CT molecular complexity index is 749. The summed E-state index contributed by atoms with van der Waals surface area (Å²) in [4.78, 5) is 19.7. The molecule has 0 unspecified atom stereocenters. The number of hydrazine groups is 1. The third-order valence-electron chi connectivity index (χ3n) is 3.90. The van der Waals surface area contributed by atoms with Crippen LogP contribution in [0, 0.1) is 0 Å². The summed E-state index contributed by atoms with van der Waals surface area (Å²) in [6, 6.07) is 3.47. The maximum Gasteiger partial charge on any atom is 0.251 e. The first-order valence-electron chi connectivity index (χ1n) is 7.02. The number of aromatic nitrogens is 3. The lowest BCUT2D eigenvalue weighted by Gasteiger charge is -2.23. The molecule has 0 saturated carbocycles. The van der Waals surface area contributed by atoms with Gasteiger partial charge in [-0.15, -0.1) is 17.5 Å². The quantitative estimate of drug-likeness (QED) is 0.751. The summed E-state index contributed by atoms with van der Waals surface area (Å²) in [5, 5.41) is 9.56. The Kier molecular flexibility index (Phi) is 4.06. The van der Waals surface area contributed by atoms with Crippen molar-refractivity contribution in [3.05, 3.63) is 40.6 Å². The lowest BCUT2D eigenvalue weighted by Crippen LogP contribution is -2.29. The van der Waals surface area contributed by atoms with Crippen molar-refractivity contribution in [3.8, 4) is 0 Å². The SMILES string of the molecule is Cl.O=c1cc(C2CCNCC2)n2nc(N3C=CON3)cc2[nH]1. The van der Waals surface area contributed by atoms with Crippen molar-refractivity contribution in [3.63, 3.8) is 0 Å². The second-order valence-electron chi connectivity index (χ2n) is 5.25. The van der Waals surface area contributed by atoms with Crippen LogP contribution in [0.3, 0.4) is 0 Å². The second kappa shape index (κ2) is 5.99. The van der Waals surface area contributed by atoms with Crippen LogP contribution < -0.4 is 21.5 Å². The average molecular weight is 325 g/mol. The van der Waals surface area contributed by atoms with Crippen LogP contribution in [0.15, 0.2) is 29.4 Å². The predicted molar refractivity (Wildman–Crippen MR) is 83.7 cm³/mol. The summed E-state index contributed by atoms with van der Waals surface area (Å²) >= 11 is 0. The Morgan fingerprint density at radius 1 is 1.27 bits per heavy atom. The van der Waals surface area contributed by atoms with Crippen molar-refractivity contribution in [2.75, 3.05) is 18.1 Å². The van der Waals surface area contributed by atoms with E-state index >= 15 is 0 Å². The molecule has 0 aliphatic carbocycles. The van der Waals surface area contributed by atoms with Gasteiger partial charge in [0.15, 0.2) is 5.82 Å². The molecule has 2 aromatic heterocycles. The number of rotatable bonds is 2. The molecule has 0 atom stereocenters. The van der Waals surface area contributed by atoms with Gasteiger partial charge in [-0.2, -0.15) is 0 Å². The zero-order valence-corrected chi connectivity index (χ0v) is 12.6. The highest BCUT2D eigenvalue weighted by molar-refractivity contribution is 5.85. The van der Waals surface area contributed by atoms with Crippen LogP contribution in [0.1, 0.15) is 24.5 Å². The first-order valence-corrected chi connectivity index (χ1v) is 7.02. The fraction of sp³-hybridized carbons (Fsp3) is 0.385. The number of nitrogens with one attached hydrogen (secondary N) is 3. The van der Waals surface area contributed by atoms with Crippen molar-refractivity contribution >= 4 is 23.9 Å². The Hall–Kier alpha value is -2.03. The molecule has 0 radical (unpaired) electrons. The molecule has 0 amide bonds. The summed E-state index contributed by atoms with van der Waals surface area (Å²) in [5.41, 5.74) is 4.25. The summed E-state index contributed by atoms with van der Waals surface area (Å²) in [6.45, 7) is 1.94. The summed E-state index contributed by atoms with van der Waals surface area (Å²) < 4.78 is 1.82. The topological polar surface area (TPSA) is 86.7 Å². The largest absolute Gasteiger partial charge is 0.395 e. The van der Waals surface area contributed by atoms with E-state index in [1.807, 2.05) is 10.6 Å². The van der Waals surface area contributed by atoms with Crippen molar-refractivity contribution < 1.29 is 4.84 Å². The van der Waals surface area contributed by atoms with Gasteiger partial charge in [0.2, 0.25) is 0 Å². The Balaban J connectivity index is 0.00000144. The highest BCUT2D eigenvalue weighted by Crippen LogP contribution is 2.25. The highest BCUT2D eigenvalue weighted by Gasteiger charge is 2.21. The van der Waals surface area contributed by atoms with Crippen LogP contribution in [-0.2, 0) is 4.84 Å². The number of piperidine rings is 1. The molecule has 2 aliphatic rings. The van der Waals surface area contributed by atoms with Gasteiger partial charge >= 0.3 is 0 Å². The fourth-order valence-electron chi connectivity index (χ4n) is 2.87. The molecule has 0 bridgehead atoms. The van der Waals surface area contributed by atoms with E-state index in [0.717, 1.165) is 31.6 Å². The van der Waals surface area contributed by atoms with Crippen LogP contribution >= 0.6 is 12.4 Å². The maximum absolute atomic E-state index is 11.9. The van der Waals surface area contributed by atoms with Crippen LogP contribution in [0.4, 0.5) is 5.82 Å². The minimum atomic E-state index is -0.0938. The van der Waals surface area contributed by atoms with Gasteiger partial charge in [-0.05, 0) is 25.9 Å². The van der Waals surface area contributed by atoms with Crippen molar-refractivity contribution in [1.29, 1.82) is 0 Å². The summed E-state index contributed by atoms with van der Waals surface area (Å²) in [6.07, 6.45) is 5.28. The molecule has 3 N–H and O–H groups in total. The zero-order chi connectivity index (χ0) is 14.2. The Morgan fingerprint density at radius 3 is 2.82 bits per heavy atom. The van der Waals surface area contributed by atoms with Crippen LogP contribution in [0.25, 0.3) is 5.65 Å². The third-order valence-corrected chi connectivity index (χ3v) is 3.90. The van der Waals surface area contributed by atoms with Gasteiger partial charge < -0.3 is 15.1 Å². The monoisotopic (exact) mass is 324 g/mol. The van der Waals surface area contributed by atoms with Crippen LogP contribution in [-0.4, -0.2) is 27.7 Å². The lowest BCUT2D eigenvalue weighted by atomic mass is 9.94. The smallest absolute Gasteiger partial charge is 0.251 e. The average Bonchev–Trinajstić information content (AvgIpc) is 3.16. The van der Waals surface area contributed by atoms with Gasteiger partial charge in [0.25, 0.3) is 5.56 Å². The number of anilines is 1. The molecule has 0 aromatic carbocycles. The van der Waals surface area contributed by atoms with Gasteiger partial charge in [0, 0.05) is 18.1 Å². The van der Waals surface area contributed by atoms with Crippen molar-refractivity contribution in [1.82, 2.24) is 25.5 Å². The van der Waals surface area contributed by atoms with E-state index in [2.05, 4.69) is 21.0 Å². The summed E-state index contributed by atoms with van der Waals surface area (Å²) in [5.74, 6) is 1.02. The molecule has 118 valence electrons. The highest BCUT2D eigenvalue weighted by atomic mass is 35.5. The molecular weight excluding hydrogens is 308 g/mol. The summed E-state index contributed by atoms with van der Waals surface area (Å²) in [7, 11) is 0. The second-order valence-corrected chi connectivity index (χ2v) is 5.25. The molecule has 2 aliphatic heterocycles. The molecule has 1 saturated heterocycles. The van der Waals surface area contributed by atoms with E-state index < -0.39 is 0 Å². The van der Waals surface area contributed by atoms with Crippen molar-refractivity contribution in [2.24, 2.45) is 0 Å². The van der Waals surface area contributed by atoms with Crippen LogP contribution in [0.5, 0.6) is 0 Å².